The van der Waals surface area contributed by atoms with Crippen molar-refractivity contribution in [1.82, 2.24) is 0 Å². The van der Waals surface area contributed by atoms with E-state index in [4.69, 9.17) is 9.47 Å². The van der Waals surface area contributed by atoms with Crippen LogP contribution in [0.1, 0.15) is 0 Å². The molecule has 0 saturated carbocycles. The Kier molecular flexibility index (Phi) is 1.02. The van der Waals surface area contributed by atoms with Crippen molar-refractivity contribution >= 4 is 0 Å². The van der Waals surface area contributed by atoms with Gasteiger partial charge in [-0.05, 0) is 0 Å². The minimum absolute atomic E-state index is 0.837. The van der Waals surface area contributed by atoms with Crippen LogP contribution in [0.2, 0.25) is 0 Å². The molecule has 46 valence electrons. The average molecular weight is 114 g/mol. The van der Waals surface area contributed by atoms with Crippen LogP contribution in [0.4, 0.5) is 0 Å². The lowest BCUT2D eigenvalue weighted by Crippen LogP contribution is -2.44. The molecule has 2 heterocycles. The lowest BCUT2D eigenvalue weighted by atomic mass is 9.89. The highest BCUT2D eigenvalue weighted by Gasteiger charge is 2.33. The van der Waals surface area contributed by atoms with Gasteiger partial charge >= 0.3 is 0 Å². The van der Waals surface area contributed by atoms with Gasteiger partial charge in [-0.15, -0.1) is 0 Å². The van der Waals surface area contributed by atoms with Crippen LogP contribution in [0.25, 0.3) is 0 Å². The van der Waals surface area contributed by atoms with Crippen LogP contribution in [0.3, 0.4) is 0 Å². The summed E-state index contributed by atoms with van der Waals surface area (Å²) in [6.45, 7) is 3.92. The fraction of sp³-hybridized carbons (Fsp3) is 1.00. The first-order valence-corrected chi connectivity index (χ1v) is 3.12. The van der Waals surface area contributed by atoms with Crippen LogP contribution in [0.5, 0.6) is 0 Å². The lowest BCUT2D eigenvalue weighted by Gasteiger charge is -2.38. The third-order valence-electron chi connectivity index (χ3n) is 1.99. The monoisotopic (exact) mass is 114 g/mol. The largest absolute Gasteiger partial charge is 0.381 e. The molecule has 0 N–H and O–H groups in total. The van der Waals surface area contributed by atoms with Gasteiger partial charge in [-0.1, -0.05) is 0 Å². The lowest BCUT2D eigenvalue weighted by molar-refractivity contribution is -0.142. The molecule has 0 spiro atoms. The van der Waals surface area contributed by atoms with Gasteiger partial charge in [-0.3, -0.25) is 0 Å². The van der Waals surface area contributed by atoms with Crippen molar-refractivity contribution in [3.63, 3.8) is 0 Å². The maximum absolute atomic E-state index is 5.04. The van der Waals surface area contributed by atoms with E-state index >= 15 is 0 Å². The van der Waals surface area contributed by atoms with Gasteiger partial charge in [0.1, 0.15) is 0 Å². The minimum atomic E-state index is 0.837. The summed E-state index contributed by atoms with van der Waals surface area (Å²) in [5.41, 5.74) is 0. The number of ether oxygens (including phenoxy) is 2. The summed E-state index contributed by atoms with van der Waals surface area (Å²) in [7, 11) is 0. The minimum Gasteiger partial charge on any atom is -0.381 e. The summed E-state index contributed by atoms with van der Waals surface area (Å²) in [6, 6.07) is 0. The van der Waals surface area contributed by atoms with Gasteiger partial charge in [-0.25, -0.2) is 0 Å². The van der Waals surface area contributed by atoms with Crippen LogP contribution in [0.15, 0.2) is 0 Å². The predicted molar refractivity (Wildman–Crippen MR) is 28.6 cm³/mol. The Morgan fingerprint density at radius 1 is 0.750 bits per heavy atom. The summed E-state index contributed by atoms with van der Waals surface area (Å²) in [6.07, 6.45) is 0. The van der Waals surface area contributed by atoms with Crippen LogP contribution in [0, 0.1) is 11.8 Å². The van der Waals surface area contributed by atoms with Crippen LogP contribution in [-0.2, 0) is 9.47 Å². The number of rotatable bonds is 1. The smallest absolute Gasteiger partial charge is 0.0520 e. The van der Waals surface area contributed by atoms with Crippen molar-refractivity contribution < 1.29 is 9.47 Å². The standard InChI is InChI=1S/C6H10O2/c1-5(2-7-1)6-3-8-4-6/h5-6H,1-4H2. The maximum Gasteiger partial charge on any atom is 0.0520 e. The highest BCUT2D eigenvalue weighted by molar-refractivity contribution is 4.78. The summed E-state index contributed by atoms with van der Waals surface area (Å²) in [4.78, 5) is 0. The first-order chi connectivity index (χ1) is 3.97. The Morgan fingerprint density at radius 2 is 1.12 bits per heavy atom. The van der Waals surface area contributed by atoms with E-state index in [1.807, 2.05) is 0 Å². The highest BCUT2D eigenvalue weighted by atomic mass is 16.5. The summed E-state index contributed by atoms with van der Waals surface area (Å²) < 4.78 is 10.1. The Morgan fingerprint density at radius 3 is 1.25 bits per heavy atom. The Hall–Kier alpha value is -0.0800. The predicted octanol–water partition coefficient (Wildman–Crippen LogP) is 0.279. The molecule has 0 aromatic carbocycles. The van der Waals surface area contributed by atoms with Crippen molar-refractivity contribution in [2.75, 3.05) is 26.4 Å². The van der Waals surface area contributed by atoms with E-state index in [0.29, 0.717) is 0 Å². The molecule has 0 radical (unpaired) electrons. The zero-order chi connectivity index (χ0) is 5.40. The van der Waals surface area contributed by atoms with E-state index in [1.54, 1.807) is 0 Å². The molecule has 0 unspecified atom stereocenters. The quantitative estimate of drug-likeness (QED) is 0.487. The molecule has 2 rings (SSSR count). The van der Waals surface area contributed by atoms with Crippen molar-refractivity contribution in [1.29, 1.82) is 0 Å². The molecule has 2 aliphatic heterocycles. The maximum atomic E-state index is 5.04. The van der Waals surface area contributed by atoms with Gasteiger partial charge < -0.3 is 9.47 Å². The summed E-state index contributed by atoms with van der Waals surface area (Å²) in [5, 5.41) is 0. The van der Waals surface area contributed by atoms with E-state index in [9.17, 15) is 0 Å². The van der Waals surface area contributed by atoms with Gasteiger partial charge in [0.2, 0.25) is 0 Å². The average Bonchev–Trinajstić information content (AvgIpc) is 1.47. The van der Waals surface area contributed by atoms with Gasteiger partial charge in [-0.2, -0.15) is 0 Å². The second-order valence-corrected chi connectivity index (χ2v) is 2.60. The van der Waals surface area contributed by atoms with Crippen molar-refractivity contribution in [2.24, 2.45) is 11.8 Å². The van der Waals surface area contributed by atoms with Crippen molar-refractivity contribution in [2.45, 2.75) is 0 Å². The van der Waals surface area contributed by atoms with Crippen molar-refractivity contribution in [3.05, 3.63) is 0 Å². The number of hydrogen-bond acceptors (Lipinski definition) is 2. The molecule has 2 nitrogen and oxygen atoms in total. The molecule has 0 bridgehead atoms. The Bertz CT molecular complexity index is 72.5. The molecule has 0 aliphatic carbocycles. The fourth-order valence-electron chi connectivity index (χ4n) is 1.05. The van der Waals surface area contributed by atoms with E-state index in [-0.39, 0.29) is 0 Å². The van der Waals surface area contributed by atoms with E-state index in [0.717, 1.165) is 38.3 Å². The normalized spacial score (nSPS) is 31.5. The topological polar surface area (TPSA) is 18.5 Å². The number of hydrogen-bond donors (Lipinski definition) is 0. The van der Waals surface area contributed by atoms with Crippen LogP contribution < -0.4 is 0 Å². The van der Waals surface area contributed by atoms with Gasteiger partial charge in [0, 0.05) is 11.8 Å². The van der Waals surface area contributed by atoms with E-state index in [2.05, 4.69) is 0 Å². The van der Waals surface area contributed by atoms with E-state index < -0.39 is 0 Å². The molecule has 2 aliphatic rings. The molecule has 8 heavy (non-hydrogen) atoms. The molecule has 0 aromatic heterocycles. The zero-order valence-corrected chi connectivity index (χ0v) is 4.80. The van der Waals surface area contributed by atoms with Crippen molar-refractivity contribution in [3.8, 4) is 0 Å². The van der Waals surface area contributed by atoms with Gasteiger partial charge in [0.05, 0.1) is 26.4 Å². The van der Waals surface area contributed by atoms with Gasteiger partial charge in [0.25, 0.3) is 0 Å². The molecule has 0 atom stereocenters. The summed E-state index contributed by atoms with van der Waals surface area (Å²) >= 11 is 0. The zero-order valence-electron chi connectivity index (χ0n) is 4.80. The SMILES string of the molecule is C1OCC1C1COC1. The second-order valence-electron chi connectivity index (χ2n) is 2.60. The molecule has 0 amide bonds. The molecule has 2 saturated heterocycles. The summed E-state index contributed by atoms with van der Waals surface area (Å²) in [5.74, 6) is 1.67. The van der Waals surface area contributed by atoms with Crippen LogP contribution in [-0.4, -0.2) is 26.4 Å². The first kappa shape index (κ1) is 4.77. The van der Waals surface area contributed by atoms with Crippen LogP contribution >= 0.6 is 0 Å². The third kappa shape index (κ3) is 0.565. The van der Waals surface area contributed by atoms with Gasteiger partial charge in [0.15, 0.2) is 0 Å². The molecular formula is C6H10O2. The fourth-order valence-corrected chi connectivity index (χ4v) is 1.05. The Labute approximate surface area is 48.8 Å². The first-order valence-electron chi connectivity index (χ1n) is 3.12. The molecule has 2 heteroatoms. The third-order valence-corrected chi connectivity index (χ3v) is 1.99. The Balaban J connectivity index is 1.79. The molecular weight excluding hydrogens is 104 g/mol. The second kappa shape index (κ2) is 1.71. The van der Waals surface area contributed by atoms with E-state index in [1.165, 1.54) is 0 Å². The highest BCUT2D eigenvalue weighted by Crippen LogP contribution is 2.26. The molecule has 0 aromatic rings. The molecule has 2 fully saturated rings.